The second kappa shape index (κ2) is 6.06. The number of benzene rings is 2. The summed E-state index contributed by atoms with van der Waals surface area (Å²) in [4.78, 5) is 11.9. The van der Waals surface area contributed by atoms with Crippen LogP contribution in [0.2, 0.25) is 0 Å². The first-order valence-electron chi connectivity index (χ1n) is 10.4. The second-order valence-electron chi connectivity index (χ2n) is 8.72. The van der Waals surface area contributed by atoms with Crippen molar-refractivity contribution < 1.29 is 4.74 Å². The molecule has 0 bridgehead atoms. The van der Waals surface area contributed by atoms with Gasteiger partial charge in [0.05, 0.1) is 17.1 Å². The molecule has 2 aliphatic rings. The molecule has 2 aliphatic heterocycles. The van der Waals surface area contributed by atoms with Crippen molar-refractivity contribution >= 4 is 28.5 Å². The zero-order valence-electron chi connectivity index (χ0n) is 17.8. The molecule has 148 valence electrons. The fraction of sp³-hybridized carbons (Fsp3) is 0.360. The normalized spacial score (nSPS) is 21.3. The minimum absolute atomic E-state index is 0.251. The van der Waals surface area contributed by atoms with Crippen molar-refractivity contribution in [1.82, 2.24) is 4.98 Å². The van der Waals surface area contributed by atoms with Gasteiger partial charge in [0, 0.05) is 23.8 Å². The molecule has 0 aliphatic carbocycles. The molecule has 3 aromatic rings. The highest BCUT2D eigenvalue weighted by Gasteiger charge is 2.60. The van der Waals surface area contributed by atoms with E-state index in [2.05, 4.69) is 62.7 Å². The fourth-order valence-corrected chi connectivity index (χ4v) is 5.11. The molecule has 0 saturated carbocycles. The average Bonchev–Trinajstić information content (AvgIpc) is 2.89. The number of nitrogens with zero attached hydrogens (tertiary/aromatic N) is 3. The number of anilines is 1. The molecular formula is C25H27N3O. The molecule has 1 aromatic heterocycles. The van der Waals surface area contributed by atoms with E-state index in [4.69, 9.17) is 9.73 Å². The van der Waals surface area contributed by atoms with Crippen molar-refractivity contribution in [3.63, 3.8) is 0 Å². The smallest absolute Gasteiger partial charge is 0.228 e. The third-order valence-corrected chi connectivity index (χ3v) is 6.73. The molecule has 4 heteroatoms. The zero-order chi connectivity index (χ0) is 20.4. The monoisotopic (exact) mass is 385 g/mol. The van der Waals surface area contributed by atoms with E-state index >= 15 is 0 Å². The molecule has 0 unspecified atom stereocenters. The first-order chi connectivity index (χ1) is 13.9. The lowest BCUT2D eigenvalue weighted by Crippen LogP contribution is -2.62. The minimum atomic E-state index is -0.646. The number of rotatable bonds is 2. The van der Waals surface area contributed by atoms with E-state index in [1.165, 1.54) is 22.4 Å². The molecule has 0 fully saturated rings. The number of hydrogen-bond donors (Lipinski definition) is 0. The van der Waals surface area contributed by atoms with Crippen LogP contribution < -0.4 is 9.64 Å². The molecule has 4 nitrogen and oxygen atoms in total. The van der Waals surface area contributed by atoms with E-state index in [-0.39, 0.29) is 5.41 Å². The lowest BCUT2D eigenvalue weighted by Gasteiger charge is -2.46. The van der Waals surface area contributed by atoms with Crippen molar-refractivity contribution in [2.75, 3.05) is 11.4 Å². The van der Waals surface area contributed by atoms with Crippen LogP contribution in [-0.4, -0.2) is 23.5 Å². The largest absolute Gasteiger partial charge is 0.459 e. The Morgan fingerprint density at radius 1 is 1.07 bits per heavy atom. The van der Waals surface area contributed by atoms with Gasteiger partial charge in [0.25, 0.3) is 0 Å². The molecule has 0 radical (unpaired) electrons. The number of aryl methyl sites for hydroxylation is 1. The second-order valence-corrected chi connectivity index (χ2v) is 8.72. The molecule has 3 heterocycles. The van der Waals surface area contributed by atoms with Crippen LogP contribution in [0.5, 0.6) is 5.75 Å². The zero-order valence-corrected chi connectivity index (χ0v) is 17.8. The highest BCUT2D eigenvalue weighted by molar-refractivity contribution is 5.98. The van der Waals surface area contributed by atoms with Crippen LogP contribution in [-0.2, 0) is 5.41 Å². The van der Waals surface area contributed by atoms with Gasteiger partial charge < -0.3 is 9.64 Å². The minimum Gasteiger partial charge on any atom is -0.459 e. The van der Waals surface area contributed by atoms with Crippen LogP contribution >= 0.6 is 0 Å². The first-order valence-corrected chi connectivity index (χ1v) is 10.4. The quantitative estimate of drug-likeness (QED) is 0.555. The Kier molecular flexibility index (Phi) is 3.79. The number of aromatic nitrogens is 1. The van der Waals surface area contributed by atoms with Gasteiger partial charge in [-0.2, -0.15) is 0 Å². The number of pyridine rings is 1. The molecule has 5 rings (SSSR count). The first kappa shape index (κ1) is 18.2. The Morgan fingerprint density at radius 3 is 2.69 bits per heavy atom. The Morgan fingerprint density at radius 2 is 1.90 bits per heavy atom. The maximum atomic E-state index is 6.90. The van der Waals surface area contributed by atoms with E-state index in [1.807, 2.05) is 30.6 Å². The standard InChI is InChI=1S/C25H27N3O/c1-6-14-28-20-11-9-16(2)17(3)22(20)24(4,5)25(28)15-27-23-18-8-7-13-26-19(18)10-12-21(23)29-25/h7-13,15H,6,14H2,1-5H3/t25-/m0/s1. The molecular weight excluding hydrogens is 358 g/mol. The summed E-state index contributed by atoms with van der Waals surface area (Å²) in [6.07, 6.45) is 4.89. The Bertz CT molecular complexity index is 1160. The maximum Gasteiger partial charge on any atom is 0.228 e. The lowest BCUT2D eigenvalue weighted by molar-refractivity contribution is 0.0776. The van der Waals surface area contributed by atoms with E-state index in [0.29, 0.717) is 0 Å². The van der Waals surface area contributed by atoms with Gasteiger partial charge in [-0.15, -0.1) is 0 Å². The van der Waals surface area contributed by atoms with Crippen LogP contribution in [0.4, 0.5) is 11.4 Å². The summed E-state index contributed by atoms with van der Waals surface area (Å²) in [5.41, 5.74) is 6.20. The van der Waals surface area contributed by atoms with Crippen molar-refractivity contribution in [3.8, 4) is 5.75 Å². The summed E-state index contributed by atoms with van der Waals surface area (Å²) in [6.45, 7) is 12.1. The van der Waals surface area contributed by atoms with Crippen molar-refractivity contribution in [2.45, 2.75) is 52.2 Å². The third kappa shape index (κ3) is 2.26. The number of hydrogen-bond acceptors (Lipinski definition) is 4. The average molecular weight is 386 g/mol. The number of aliphatic imine (C=N–C) groups is 1. The Balaban J connectivity index is 1.74. The van der Waals surface area contributed by atoms with E-state index in [0.717, 1.165) is 35.3 Å². The highest BCUT2D eigenvalue weighted by Crippen LogP contribution is 2.56. The maximum absolute atomic E-state index is 6.90. The highest BCUT2D eigenvalue weighted by atomic mass is 16.5. The molecule has 1 spiro atoms. The van der Waals surface area contributed by atoms with Crippen LogP contribution in [0, 0.1) is 13.8 Å². The van der Waals surface area contributed by atoms with Gasteiger partial charge in [-0.25, -0.2) is 0 Å². The van der Waals surface area contributed by atoms with Crippen molar-refractivity contribution in [3.05, 3.63) is 59.3 Å². The SMILES string of the molecule is CCCN1c2ccc(C)c(C)c2C(C)(C)[C@@]12C=Nc1c(ccc3ncccc13)O2. The molecule has 29 heavy (non-hydrogen) atoms. The Labute approximate surface area is 172 Å². The van der Waals surface area contributed by atoms with Gasteiger partial charge in [0.15, 0.2) is 0 Å². The van der Waals surface area contributed by atoms with Gasteiger partial charge in [-0.05, 0) is 81.1 Å². The fourth-order valence-electron chi connectivity index (χ4n) is 5.11. The van der Waals surface area contributed by atoms with E-state index < -0.39 is 5.72 Å². The summed E-state index contributed by atoms with van der Waals surface area (Å²) in [5.74, 6) is 0.823. The van der Waals surface area contributed by atoms with Gasteiger partial charge in [-0.3, -0.25) is 9.98 Å². The molecule has 2 aromatic carbocycles. The van der Waals surface area contributed by atoms with Gasteiger partial charge >= 0.3 is 0 Å². The summed E-state index contributed by atoms with van der Waals surface area (Å²) < 4.78 is 6.90. The van der Waals surface area contributed by atoms with Crippen LogP contribution in [0.3, 0.4) is 0 Å². The predicted molar refractivity (Wildman–Crippen MR) is 120 cm³/mol. The van der Waals surface area contributed by atoms with E-state index in [9.17, 15) is 0 Å². The van der Waals surface area contributed by atoms with Crippen LogP contribution in [0.15, 0.2) is 47.6 Å². The molecule has 0 saturated heterocycles. The molecule has 0 amide bonds. The summed E-state index contributed by atoms with van der Waals surface area (Å²) in [6, 6.07) is 12.5. The summed E-state index contributed by atoms with van der Waals surface area (Å²) in [5, 5.41) is 1.03. The van der Waals surface area contributed by atoms with Crippen LogP contribution in [0.25, 0.3) is 10.9 Å². The van der Waals surface area contributed by atoms with E-state index in [1.54, 1.807) is 0 Å². The third-order valence-electron chi connectivity index (χ3n) is 6.73. The molecule has 1 atom stereocenters. The van der Waals surface area contributed by atoms with Crippen molar-refractivity contribution in [1.29, 1.82) is 0 Å². The molecule has 0 N–H and O–H groups in total. The summed E-state index contributed by atoms with van der Waals surface area (Å²) in [7, 11) is 0. The van der Waals surface area contributed by atoms with Gasteiger partial charge in [0.2, 0.25) is 5.72 Å². The van der Waals surface area contributed by atoms with Crippen molar-refractivity contribution in [2.24, 2.45) is 4.99 Å². The van der Waals surface area contributed by atoms with Crippen LogP contribution in [0.1, 0.15) is 43.9 Å². The van der Waals surface area contributed by atoms with Gasteiger partial charge in [-0.1, -0.05) is 13.0 Å². The number of fused-ring (bicyclic) bond motifs is 4. The number of ether oxygens (including phenoxy) is 1. The van der Waals surface area contributed by atoms with Gasteiger partial charge in [0.1, 0.15) is 11.4 Å². The Hall–Kier alpha value is -2.88. The topological polar surface area (TPSA) is 37.7 Å². The predicted octanol–water partition coefficient (Wildman–Crippen LogP) is 5.85. The summed E-state index contributed by atoms with van der Waals surface area (Å²) >= 11 is 0. The lowest BCUT2D eigenvalue weighted by atomic mass is 9.75.